The number of amides is 1. The summed E-state index contributed by atoms with van der Waals surface area (Å²) < 4.78 is 0. The number of nitrogens with two attached hydrogens (primary N) is 1. The fraction of sp³-hybridized carbons (Fsp3) is 0.833. The third-order valence-electron chi connectivity index (χ3n) is 3.65. The summed E-state index contributed by atoms with van der Waals surface area (Å²) in [6, 6.07) is 0. The summed E-state index contributed by atoms with van der Waals surface area (Å²) in [5.74, 6) is -0.745. The number of likely N-dealkylation sites (tertiary alicyclic amines) is 1. The van der Waals surface area contributed by atoms with E-state index in [0.29, 0.717) is 45.3 Å². The summed E-state index contributed by atoms with van der Waals surface area (Å²) in [4.78, 5) is 24.9. The van der Waals surface area contributed by atoms with E-state index < -0.39 is 11.4 Å². The second-order valence-corrected chi connectivity index (χ2v) is 4.75. The highest BCUT2D eigenvalue weighted by atomic mass is 16.4. The van der Waals surface area contributed by atoms with Gasteiger partial charge in [-0.1, -0.05) is 6.92 Å². The van der Waals surface area contributed by atoms with Crippen LogP contribution in [0.3, 0.4) is 0 Å². The van der Waals surface area contributed by atoms with Crippen LogP contribution in [0.25, 0.3) is 0 Å². The van der Waals surface area contributed by atoms with E-state index in [1.165, 1.54) is 0 Å². The molecular formula is C12H22N2O3. The topological polar surface area (TPSA) is 83.6 Å². The monoisotopic (exact) mass is 242 g/mol. The molecule has 0 aromatic heterocycles. The molecule has 1 heterocycles. The summed E-state index contributed by atoms with van der Waals surface area (Å²) in [5, 5.41) is 9.31. The molecule has 0 aromatic rings. The van der Waals surface area contributed by atoms with Crippen LogP contribution in [0, 0.1) is 5.41 Å². The predicted octanol–water partition coefficient (Wildman–Crippen LogP) is 0.829. The van der Waals surface area contributed by atoms with Crippen molar-refractivity contribution in [1.82, 2.24) is 4.90 Å². The lowest BCUT2D eigenvalue weighted by Crippen LogP contribution is -2.49. The summed E-state index contributed by atoms with van der Waals surface area (Å²) >= 11 is 0. The van der Waals surface area contributed by atoms with Gasteiger partial charge in [0.25, 0.3) is 0 Å². The van der Waals surface area contributed by atoms with Gasteiger partial charge < -0.3 is 15.7 Å². The molecule has 0 radical (unpaired) electrons. The zero-order chi connectivity index (χ0) is 12.9. The van der Waals surface area contributed by atoms with Crippen molar-refractivity contribution >= 4 is 11.9 Å². The van der Waals surface area contributed by atoms with E-state index >= 15 is 0 Å². The van der Waals surface area contributed by atoms with E-state index in [0.717, 1.165) is 6.42 Å². The highest BCUT2D eigenvalue weighted by molar-refractivity contribution is 5.79. The van der Waals surface area contributed by atoms with E-state index in [2.05, 4.69) is 0 Å². The summed E-state index contributed by atoms with van der Waals surface area (Å²) in [5.41, 5.74) is 4.63. The van der Waals surface area contributed by atoms with Gasteiger partial charge in [-0.05, 0) is 32.2 Å². The summed E-state index contributed by atoms with van der Waals surface area (Å²) in [6.07, 6.45) is 3.11. The van der Waals surface area contributed by atoms with Crippen LogP contribution < -0.4 is 5.73 Å². The van der Waals surface area contributed by atoms with E-state index in [4.69, 9.17) is 5.73 Å². The van der Waals surface area contributed by atoms with E-state index in [1.807, 2.05) is 6.92 Å². The maximum Gasteiger partial charge on any atom is 0.311 e. The van der Waals surface area contributed by atoms with Crippen molar-refractivity contribution in [2.24, 2.45) is 11.1 Å². The van der Waals surface area contributed by atoms with Crippen LogP contribution in [0.2, 0.25) is 0 Å². The Morgan fingerprint density at radius 1 is 1.47 bits per heavy atom. The number of hydrogen-bond acceptors (Lipinski definition) is 3. The van der Waals surface area contributed by atoms with Gasteiger partial charge in [0.05, 0.1) is 5.41 Å². The molecule has 98 valence electrons. The van der Waals surface area contributed by atoms with Crippen molar-refractivity contribution in [3.05, 3.63) is 0 Å². The average molecular weight is 242 g/mol. The Kier molecular flexibility index (Phi) is 4.93. The number of carboxylic acids is 1. The van der Waals surface area contributed by atoms with Crippen molar-refractivity contribution in [2.45, 2.75) is 39.0 Å². The first-order valence-corrected chi connectivity index (χ1v) is 6.27. The number of carboxylic acid groups (broad SMARTS) is 1. The average Bonchev–Trinajstić information content (AvgIpc) is 2.35. The molecule has 3 N–H and O–H groups in total. The second-order valence-electron chi connectivity index (χ2n) is 4.75. The molecule has 1 amide bonds. The molecule has 0 bridgehead atoms. The molecule has 17 heavy (non-hydrogen) atoms. The highest BCUT2D eigenvalue weighted by Gasteiger charge is 2.41. The van der Waals surface area contributed by atoms with Crippen LogP contribution in [0.5, 0.6) is 0 Å². The van der Waals surface area contributed by atoms with E-state index in [-0.39, 0.29) is 5.91 Å². The SMILES string of the molecule is CCC1(C(=O)O)CCCN(C(=O)CCCN)C1. The lowest BCUT2D eigenvalue weighted by molar-refractivity contribution is -0.155. The first-order valence-electron chi connectivity index (χ1n) is 6.27. The third kappa shape index (κ3) is 3.19. The van der Waals surface area contributed by atoms with Gasteiger partial charge in [0.15, 0.2) is 0 Å². The smallest absolute Gasteiger partial charge is 0.311 e. The van der Waals surface area contributed by atoms with Crippen LogP contribution in [-0.4, -0.2) is 41.5 Å². The predicted molar refractivity (Wildman–Crippen MR) is 64.5 cm³/mol. The molecule has 1 aliphatic heterocycles. The highest BCUT2D eigenvalue weighted by Crippen LogP contribution is 2.33. The molecule has 0 aliphatic carbocycles. The minimum Gasteiger partial charge on any atom is -0.481 e. The zero-order valence-electron chi connectivity index (χ0n) is 10.4. The fourth-order valence-electron chi connectivity index (χ4n) is 2.37. The number of nitrogens with zero attached hydrogens (tertiary/aromatic N) is 1. The number of hydrogen-bond donors (Lipinski definition) is 2. The van der Waals surface area contributed by atoms with E-state index in [9.17, 15) is 14.7 Å². The molecule has 1 rings (SSSR count). The van der Waals surface area contributed by atoms with Gasteiger partial charge in [-0.3, -0.25) is 9.59 Å². The van der Waals surface area contributed by atoms with Gasteiger partial charge in [-0.25, -0.2) is 0 Å². The second kappa shape index (κ2) is 6.00. The lowest BCUT2D eigenvalue weighted by atomic mass is 9.77. The van der Waals surface area contributed by atoms with Crippen LogP contribution in [0.15, 0.2) is 0 Å². The summed E-state index contributed by atoms with van der Waals surface area (Å²) in [7, 11) is 0. The van der Waals surface area contributed by atoms with Gasteiger partial charge in [0.2, 0.25) is 5.91 Å². The fourth-order valence-corrected chi connectivity index (χ4v) is 2.37. The van der Waals surface area contributed by atoms with Crippen LogP contribution in [0.1, 0.15) is 39.0 Å². The normalized spacial score (nSPS) is 24.7. The van der Waals surface area contributed by atoms with Gasteiger partial charge in [-0.2, -0.15) is 0 Å². The Morgan fingerprint density at radius 2 is 2.18 bits per heavy atom. The van der Waals surface area contributed by atoms with Gasteiger partial charge in [0, 0.05) is 19.5 Å². The molecule has 0 aromatic carbocycles. The van der Waals surface area contributed by atoms with Gasteiger partial charge in [0.1, 0.15) is 0 Å². The third-order valence-corrected chi connectivity index (χ3v) is 3.65. The maximum atomic E-state index is 11.9. The molecule has 1 unspecified atom stereocenters. The molecule has 0 spiro atoms. The molecular weight excluding hydrogens is 220 g/mol. The van der Waals surface area contributed by atoms with Crippen LogP contribution in [-0.2, 0) is 9.59 Å². The molecule has 1 atom stereocenters. The molecule has 0 saturated carbocycles. The summed E-state index contributed by atoms with van der Waals surface area (Å²) in [6.45, 7) is 3.40. The van der Waals surface area contributed by atoms with Crippen molar-refractivity contribution in [3.63, 3.8) is 0 Å². The molecule has 1 saturated heterocycles. The Balaban J connectivity index is 2.65. The zero-order valence-corrected chi connectivity index (χ0v) is 10.4. The van der Waals surface area contributed by atoms with E-state index in [1.54, 1.807) is 4.90 Å². The molecule has 5 heteroatoms. The largest absolute Gasteiger partial charge is 0.481 e. The molecule has 5 nitrogen and oxygen atoms in total. The maximum absolute atomic E-state index is 11.9. The number of carbonyl (C=O) groups is 2. The minimum atomic E-state index is -0.781. The molecule has 1 aliphatic rings. The van der Waals surface area contributed by atoms with Crippen molar-refractivity contribution in [2.75, 3.05) is 19.6 Å². The van der Waals surface area contributed by atoms with Gasteiger partial charge in [-0.15, -0.1) is 0 Å². The Hall–Kier alpha value is -1.10. The van der Waals surface area contributed by atoms with Crippen molar-refractivity contribution in [3.8, 4) is 0 Å². The molecule has 1 fully saturated rings. The standard InChI is InChI=1S/C12H22N2O3/c1-2-12(11(16)17)6-4-8-14(9-12)10(15)5-3-7-13/h2-9,13H2,1H3,(H,16,17). The lowest BCUT2D eigenvalue weighted by Gasteiger charge is -2.39. The van der Waals surface area contributed by atoms with Crippen LogP contribution in [0.4, 0.5) is 0 Å². The number of carbonyl (C=O) groups excluding carboxylic acids is 1. The van der Waals surface area contributed by atoms with Crippen molar-refractivity contribution in [1.29, 1.82) is 0 Å². The van der Waals surface area contributed by atoms with Gasteiger partial charge >= 0.3 is 5.97 Å². The van der Waals surface area contributed by atoms with Crippen LogP contribution >= 0.6 is 0 Å². The first kappa shape index (κ1) is 14.0. The number of piperidine rings is 1. The van der Waals surface area contributed by atoms with Crippen molar-refractivity contribution < 1.29 is 14.7 Å². The first-order chi connectivity index (χ1) is 8.05. The number of rotatable bonds is 5. The minimum absolute atomic E-state index is 0.0363. The Bertz CT molecular complexity index is 293. The number of aliphatic carboxylic acids is 1. The Labute approximate surface area is 102 Å². The quantitative estimate of drug-likeness (QED) is 0.748. The Morgan fingerprint density at radius 3 is 2.71 bits per heavy atom.